The zero-order valence-corrected chi connectivity index (χ0v) is 18.6. The van der Waals surface area contributed by atoms with Crippen LogP contribution < -0.4 is 10.1 Å². The van der Waals surface area contributed by atoms with Crippen LogP contribution in [0.3, 0.4) is 0 Å². The Morgan fingerprint density at radius 3 is 2.73 bits per heavy atom. The average Bonchev–Trinajstić information content (AvgIpc) is 3.49. The summed E-state index contributed by atoms with van der Waals surface area (Å²) < 4.78 is 11.7. The third-order valence-electron chi connectivity index (χ3n) is 6.48. The Morgan fingerprint density at radius 2 is 2.03 bits per heavy atom. The number of rotatable bonds is 8. The number of aliphatic hydroxyl groups excluding tert-OH is 2. The molecule has 5 atom stereocenters. The number of Topliss-reactive ketones (excluding diaryl/α,β-unsaturated/α-hetero) is 1. The van der Waals surface area contributed by atoms with Crippen molar-refractivity contribution in [3.63, 3.8) is 0 Å². The van der Waals surface area contributed by atoms with E-state index in [0.29, 0.717) is 17.9 Å². The molecule has 0 bridgehead atoms. The molecule has 3 aliphatic rings. The molecule has 1 aromatic carbocycles. The number of carbonyl (C=O) groups excluding carboxylic acids is 3. The van der Waals surface area contributed by atoms with Gasteiger partial charge in [-0.05, 0) is 25.0 Å². The molecule has 0 spiro atoms. The van der Waals surface area contributed by atoms with Crippen LogP contribution in [0.4, 0.5) is 0 Å². The molecule has 9 heteroatoms. The number of ketones is 1. The third kappa shape index (κ3) is 4.53. The van der Waals surface area contributed by atoms with E-state index in [9.17, 15) is 19.5 Å². The Balaban J connectivity index is 1.74. The summed E-state index contributed by atoms with van der Waals surface area (Å²) in [5.41, 5.74) is 1.11. The van der Waals surface area contributed by atoms with Crippen molar-refractivity contribution in [1.29, 1.82) is 0 Å². The van der Waals surface area contributed by atoms with Crippen LogP contribution in [0.1, 0.15) is 37.7 Å². The van der Waals surface area contributed by atoms with Gasteiger partial charge < -0.3 is 29.9 Å². The molecule has 4 rings (SSSR count). The number of benzene rings is 1. The van der Waals surface area contributed by atoms with Crippen molar-refractivity contribution in [3.8, 4) is 5.75 Å². The van der Waals surface area contributed by atoms with Crippen molar-refractivity contribution < 1.29 is 34.1 Å². The molecule has 33 heavy (non-hydrogen) atoms. The van der Waals surface area contributed by atoms with Gasteiger partial charge in [0, 0.05) is 37.3 Å². The van der Waals surface area contributed by atoms with Crippen LogP contribution in [0.25, 0.3) is 0 Å². The van der Waals surface area contributed by atoms with Crippen molar-refractivity contribution in [3.05, 3.63) is 41.5 Å². The Kier molecular flexibility index (Phi) is 7.11. The van der Waals surface area contributed by atoms with Crippen LogP contribution in [0.2, 0.25) is 0 Å². The second kappa shape index (κ2) is 10.0. The minimum Gasteiger partial charge on any atom is -0.486 e. The lowest BCUT2D eigenvalue weighted by molar-refractivity contribution is -0.149. The van der Waals surface area contributed by atoms with Gasteiger partial charge in [-0.15, -0.1) is 0 Å². The summed E-state index contributed by atoms with van der Waals surface area (Å²) in [5, 5.41) is 23.2. The first-order chi connectivity index (χ1) is 16.0. The van der Waals surface area contributed by atoms with Gasteiger partial charge in [0.15, 0.2) is 0 Å². The fourth-order valence-electron chi connectivity index (χ4n) is 4.85. The maximum atomic E-state index is 13.1. The largest absolute Gasteiger partial charge is 0.486 e. The van der Waals surface area contributed by atoms with Gasteiger partial charge in [-0.25, -0.2) is 0 Å². The van der Waals surface area contributed by atoms with Gasteiger partial charge in [0.1, 0.15) is 18.0 Å². The topological polar surface area (TPSA) is 125 Å². The summed E-state index contributed by atoms with van der Waals surface area (Å²) >= 11 is 0. The summed E-state index contributed by atoms with van der Waals surface area (Å²) in [4.78, 5) is 39.8. The second-order valence-corrected chi connectivity index (χ2v) is 8.55. The summed E-state index contributed by atoms with van der Waals surface area (Å²) in [6.45, 7) is 2.17. The quantitative estimate of drug-likeness (QED) is 0.478. The number of hydrogen-bond donors (Lipinski definition) is 3. The lowest BCUT2D eigenvalue weighted by Crippen LogP contribution is -2.58. The minimum absolute atomic E-state index is 0.0330. The number of ether oxygens (including phenoxy) is 2. The maximum absolute atomic E-state index is 13.1. The number of nitrogens with one attached hydrogen (secondary N) is 1. The van der Waals surface area contributed by atoms with Crippen LogP contribution in [-0.4, -0.2) is 83.4 Å². The Morgan fingerprint density at radius 1 is 1.24 bits per heavy atom. The fourth-order valence-corrected chi connectivity index (χ4v) is 4.85. The molecule has 2 heterocycles. The second-order valence-electron chi connectivity index (χ2n) is 8.55. The molecule has 9 nitrogen and oxygen atoms in total. The zero-order valence-electron chi connectivity index (χ0n) is 18.6. The predicted octanol–water partition coefficient (Wildman–Crippen LogP) is 0.296. The summed E-state index contributed by atoms with van der Waals surface area (Å²) in [7, 11) is 0. The monoisotopic (exact) mass is 458 g/mol. The van der Waals surface area contributed by atoms with E-state index in [1.165, 1.54) is 4.90 Å². The van der Waals surface area contributed by atoms with Crippen molar-refractivity contribution in [2.75, 3.05) is 26.3 Å². The van der Waals surface area contributed by atoms with Gasteiger partial charge in [-0.1, -0.05) is 25.1 Å². The van der Waals surface area contributed by atoms with Crippen LogP contribution in [0, 0.1) is 0 Å². The average molecular weight is 459 g/mol. The molecule has 0 aromatic heterocycles. The fraction of sp³-hybridized carbons (Fsp3) is 0.542. The van der Waals surface area contributed by atoms with Crippen LogP contribution >= 0.6 is 0 Å². The standard InChI is InChI=1S/C24H30N2O7/c1-2-18(28)24(31)26(13-14-6-5-11-32-14)17-12-16(23(30)25-9-10-27)20-15-7-3-4-8-19(15)33-22(20)21(17)29/h3-4,7-8,12,14,17,20-22,27,29H,2,5-6,9-11,13H2,1H3,(H,25,30)/t14-,17-,20+,21+,22+/m1/s1. The molecule has 1 fully saturated rings. The Bertz CT molecular complexity index is 940. The van der Waals surface area contributed by atoms with Crippen molar-refractivity contribution in [2.24, 2.45) is 0 Å². The Hall–Kier alpha value is -2.75. The number of aliphatic hydroxyl groups is 2. The van der Waals surface area contributed by atoms with Crippen LogP contribution in [0.5, 0.6) is 5.75 Å². The SMILES string of the molecule is CCC(=O)C(=O)N(C[C@H]1CCCO1)[C@@H]1C=C(C(=O)NCCO)[C@@H]2c3ccccc3O[C@@H]2[C@H]1O. The molecule has 1 aromatic rings. The normalized spacial score (nSPS) is 27.7. The number of amides is 2. The highest BCUT2D eigenvalue weighted by Crippen LogP contribution is 2.47. The van der Waals surface area contributed by atoms with E-state index in [1.54, 1.807) is 19.1 Å². The molecule has 0 radical (unpaired) electrons. The molecule has 178 valence electrons. The number of nitrogens with zero attached hydrogens (tertiary/aromatic N) is 1. The molecule has 1 aliphatic carbocycles. The highest BCUT2D eigenvalue weighted by Gasteiger charge is 2.51. The summed E-state index contributed by atoms with van der Waals surface area (Å²) in [6, 6.07) is 6.31. The molecule has 0 saturated carbocycles. The van der Waals surface area contributed by atoms with Gasteiger partial charge in [0.2, 0.25) is 11.7 Å². The van der Waals surface area contributed by atoms with Gasteiger partial charge in [-0.3, -0.25) is 14.4 Å². The van der Waals surface area contributed by atoms with E-state index >= 15 is 0 Å². The maximum Gasteiger partial charge on any atom is 0.290 e. The first kappa shape index (κ1) is 23.4. The Labute approximate surface area is 192 Å². The lowest BCUT2D eigenvalue weighted by atomic mass is 9.77. The van der Waals surface area contributed by atoms with E-state index in [2.05, 4.69) is 5.32 Å². The smallest absolute Gasteiger partial charge is 0.290 e. The van der Waals surface area contributed by atoms with E-state index < -0.39 is 41.8 Å². The van der Waals surface area contributed by atoms with Crippen LogP contribution in [0.15, 0.2) is 35.9 Å². The molecule has 3 N–H and O–H groups in total. The zero-order chi connectivity index (χ0) is 23.5. The van der Waals surface area contributed by atoms with E-state index in [-0.39, 0.29) is 32.2 Å². The van der Waals surface area contributed by atoms with Crippen molar-refractivity contribution in [1.82, 2.24) is 10.2 Å². The highest BCUT2D eigenvalue weighted by molar-refractivity contribution is 6.36. The molecule has 2 amide bonds. The molecule has 1 saturated heterocycles. The number of fused-ring (bicyclic) bond motifs is 3. The number of hydrogen-bond acceptors (Lipinski definition) is 7. The lowest BCUT2D eigenvalue weighted by Gasteiger charge is -2.41. The first-order valence-electron chi connectivity index (χ1n) is 11.5. The molecule has 0 unspecified atom stereocenters. The minimum atomic E-state index is -1.16. The van der Waals surface area contributed by atoms with Crippen LogP contribution in [-0.2, 0) is 19.1 Å². The summed E-state index contributed by atoms with van der Waals surface area (Å²) in [6.07, 6.45) is 0.996. The number of carbonyl (C=O) groups is 3. The molecular weight excluding hydrogens is 428 g/mol. The van der Waals surface area contributed by atoms with Gasteiger partial charge in [-0.2, -0.15) is 0 Å². The van der Waals surface area contributed by atoms with Gasteiger partial charge in [0.25, 0.3) is 5.91 Å². The predicted molar refractivity (Wildman–Crippen MR) is 118 cm³/mol. The van der Waals surface area contributed by atoms with Crippen molar-refractivity contribution >= 4 is 17.6 Å². The molecular formula is C24H30N2O7. The van der Waals surface area contributed by atoms with E-state index in [4.69, 9.17) is 14.6 Å². The third-order valence-corrected chi connectivity index (χ3v) is 6.48. The van der Waals surface area contributed by atoms with E-state index in [0.717, 1.165) is 18.4 Å². The van der Waals surface area contributed by atoms with Gasteiger partial charge >= 0.3 is 0 Å². The summed E-state index contributed by atoms with van der Waals surface area (Å²) in [5.74, 6) is -1.67. The van der Waals surface area contributed by atoms with Crippen molar-refractivity contribution in [2.45, 2.75) is 56.5 Å². The first-order valence-corrected chi connectivity index (χ1v) is 11.5. The highest BCUT2D eigenvalue weighted by atomic mass is 16.5. The molecule has 2 aliphatic heterocycles. The van der Waals surface area contributed by atoms with E-state index in [1.807, 2.05) is 18.2 Å². The number of para-hydroxylation sites is 1. The van der Waals surface area contributed by atoms with Gasteiger partial charge in [0.05, 0.1) is 24.7 Å².